The number of hydrogen-bond acceptors (Lipinski definition) is 8. The van der Waals surface area contributed by atoms with Gasteiger partial charge in [-0.1, -0.05) is 12.6 Å². The standard InChI is InChI=1S/C35H36F3N5O3/c1-19(2)27-25(37)6-4-20-14-23(44)15-24(28(20)27)31-30(38)32-29-26(39-31)7-5-22-8-12-45-13-11-43(22)33(29)41-34(40-32)46-18-35-9-3-10-42(35)17-21(36)16-35/h4,6,14-15,21-22,44H,1,3,5,7-13,16-18H2,2H3/t21-,22-,35+/m1/s1. The lowest BCUT2D eigenvalue weighted by molar-refractivity contribution is 0.107. The van der Waals surface area contributed by atoms with Crippen molar-refractivity contribution in [3.63, 3.8) is 0 Å². The van der Waals surface area contributed by atoms with E-state index in [1.807, 2.05) is 0 Å². The zero-order valence-electron chi connectivity index (χ0n) is 25.8. The average Bonchev–Trinajstić information content (AvgIpc) is 3.38. The summed E-state index contributed by atoms with van der Waals surface area (Å²) in [6, 6.07) is 5.92. The number of phenols is 1. The van der Waals surface area contributed by atoms with Crippen molar-refractivity contribution in [1.82, 2.24) is 19.9 Å². The van der Waals surface area contributed by atoms with Gasteiger partial charge >= 0.3 is 6.01 Å². The number of alkyl halides is 1. The van der Waals surface area contributed by atoms with Gasteiger partial charge in [-0.3, -0.25) is 4.90 Å². The number of anilines is 1. The van der Waals surface area contributed by atoms with E-state index >= 15 is 8.78 Å². The summed E-state index contributed by atoms with van der Waals surface area (Å²) in [5.74, 6) is -0.765. The molecule has 0 aliphatic carbocycles. The Kier molecular flexibility index (Phi) is 7.10. The summed E-state index contributed by atoms with van der Waals surface area (Å²) in [5.41, 5.74) is 1.16. The van der Waals surface area contributed by atoms with Gasteiger partial charge in [-0.2, -0.15) is 9.97 Å². The SMILES string of the molecule is C=C(C)c1c(F)ccc2cc(O)cc(-c3nc4c5c(nc(OC[C@@]67CCCN6C[C@H](F)C7)nc5c3F)N3CCOCC[C@H]3CC4)c12. The second-order valence-electron chi connectivity index (χ2n) is 13.2. The minimum Gasteiger partial charge on any atom is -0.508 e. The Bertz CT molecular complexity index is 1900. The summed E-state index contributed by atoms with van der Waals surface area (Å²) in [5, 5.41) is 12.2. The van der Waals surface area contributed by atoms with Crippen molar-refractivity contribution >= 4 is 33.1 Å². The predicted molar refractivity (Wildman–Crippen MR) is 170 cm³/mol. The first-order valence-corrected chi connectivity index (χ1v) is 16.1. The van der Waals surface area contributed by atoms with Crippen LogP contribution >= 0.6 is 0 Å². The monoisotopic (exact) mass is 631 g/mol. The Morgan fingerprint density at radius 3 is 2.85 bits per heavy atom. The van der Waals surface area contributed by atoms with E-state index in [4.69, 9.17) is 19.4 Å². The number of aryl methyl sites for hydroxylation is 1. The third-order valence-electron chi connectivity index (χ3n) is 10.3. The highest BCUT2D eigenvalue weighted by Crippen LogP contribution is 2.44. The van der Waals surface area contributed by atoms with Crippen LogP contribution in [0.15, 0.2) is 30.8 Å². The molecular formula is C35H36F3N5O3. The van der Waals surface area contributed by atoms with Gasteiger partial charge in [0.2, 0.25) is 0 Å². The summed E-state index contributed by atoms with van der Waals surface area (Å²) in [4.78, 5) is 18.7. The van der Waals surface area contributed by atoms with Crippen molar-refractivity contribution < 1.29 is 27.8 Å². The van der Waals surface area contributed by atoms with Crippen molar-refractivity contribution in [1.29, 1.82) is 0 Å². The topological polar surface area (TPSA) is 83.8 Å². The molecule has 240 valence electrons. The number of allylic oxidation sites excluding steroid dienone is 1. The van der Waals surface area contributed by atoms with Gasteiger partial charge in [-0.05, 0) is 74.7 Å². The minimum atomic E-state index is -0.913. The highest BCUT2D eigenvalue weighted by atomic mass is 19.1. The molecule has 6 heterocycles. The van der Waals surface area contributed by atoms with Crippen LogP contribution in [0.3, 0.4) is 0 Å². The average molecular weight is 632 g/mol. The largest absolute Gasteiger partial charge is 0.508 e. The molecule has 1 N–H and O–H groups in total. The molecule has 0 spiro atoms. The number of hydrogen-bond donors (Lipinski definition) is 1. The fourth-order valence-corrected chi connectivity index (χ4v) is 8.22. The van der Waals surface area contributed by atoms with Gasteiger partial charge in [0.15, 0.2) is 5.82 Å². The van der Waals surface area contributed by atoms with E-state index in [0.29, 0.717) is 72.4 Å². The Morgan fingerprint density at radius 1 is 1.13 bits per heavy atom. The molecule has 8 nitrogen and oxygen atoms in total. The van der Waals surface area contributed by atoms with E-state index in [0.717, 1.165) is 32.2 Å². The van der Waals surface area contributed by atoms with E-state index in [1.165, 1.54) is 18.2 Å². The highest BCUT2D eigenvalue weighted by molar-refractivity contribution is 6.05. The summed E-state index contributed by atoms with van der Waals surface area (Å²) in [6.45, 7) is 8.76. The third-order valence-corrected chi connectivity index (χ3v) is 10.3. The van der Waals surface area contributed by atoms with Crippen molar-refractivity contribution in [3.8, 4) is 23.0 Å². The highest BCUT2D eigenvalue weighted by Gasteiger charge is 2.49. The Morgan fingerprint density at radius 2 is 2.00 bits per heavy atom. The maximum absolute atomic E-state index is 17.1. The Labute approximate surface area is 264 Å². The van der Waals surface area contributed by atoms with Gasteiger partial charge in [0.1, 0.15) is 41.4 Å². The van der Waals surface area contributed by atoms with E-state index < -0.39 is 23.3 Å². The van der Waals surface area contributed by atoms with Crippen LogP contribution in [0, 0.1) is 11.6 Å². The van der Waals surface area contributed by atoms with Gasteiger partial charge in [0.25, 0.3) is 0 Å². The molecule has 2 aromatic carbocycles. The molecule has 3 atom stereocenters. The smallest absolute Gasteiger partial charge is 0.319 e. The molecule has 0 amide bonds. The van der Waals surface area contributed by atoms with Crippen molar-refractivity contribution in [3.05, 3.63) is 53.7 Å². The number of nitrogens with zero attached hydrogens (tertiary/aromatic N) is 5. The van der Waals surface area contributed by atoms with Crippen molar-refractivity contribution in [2.45, 2.75) is 63.2 Å². The van der Waals surface area contributed by atoms with Crippen molar-refractivity contribution in [2.75, 3.05) is 44.4 Å². The van der Waals surface area contributed by atoms with Crippen LogP contribution in [-0.2, 0) is 11.2 Å². The first-order valence-electron chi connectivity index (χ1n) is 16.1. The molecule has 11 heteroatoms. The lowest BCUT2D eigenvalue weighted by Crippen LogP contribution is -2.43. The molecule has 0 saturated carbocycles. The lowest BCUT2D eigenvalue weighted by Gasteiger charge is -2.31. The minimum absolute atomic E-state index is 0.0216. The molecule has 4 aliphatic heterocycles. The van der Waals surface area contributed by atoms with Crippen LogP contribution in [0.2, 0.25) is 0 Å². The number of rotatable bonds is 5. The maximum Gasteiger partial charge on any atom is 0.319 e. The molecule has 46 heavy (non-hydrogen) atoms. The van der Waals surface area contributed by atoms with E-state index in [2.05, 4.69) is 21.4 Å². The zero-order chi connectivity index (χ0) is 31.7. The Balaban J connectivity index is 1.34. The van der Waals surface area contributed by atoms with Gasteiger partial charge in [-0.15, -0.1) is 0 Å². The van der Waals surface area contributed by atoms with Crippen LogP contribution in [0.4, 0.5) is 19.0 Å². The van der Waals surface area contributed by atoms with Crippen LogP contribution < -0.4 is 9.64 Å². The molecular weight excluding hydrogens is 595 g/mol. The normalized spacial score (nSPS) is 24.6. The van der Waals surface area contributed by atoms with Gasteiger partial charge in [0.05, 0.1) is 23.2 Å². The van der Waals surface area contributed by atoms with Crippen LogP contribution in [-0.4, -0.2) is 82.2 Å². The summed E-state index contributed by atoms with van der Waals surface area (Å²) >= 11 is 0. The quantitative estimate of drug-likeness (QED) is 0.273. The number of aromatic hydroxyl groups is 1. The van der Waals surface area contributed by atoms with E-state index in [1.54, 1.807) is 13.0 Å². The Hall–Kier alpha value is -3.96. The first kappa shape index (κ1) is 29.4. The number of ether oxygens (including phenoxy) is 2. The second kappa shape index (κ2) is 11.1. The summed E-state index contributed by atoms with van der Waals surface area (Å²) in [6.07, 6.45) is 3.31. The molecule has 4 aromatic rings. The summed E-state index contributed by atoms with van der Waals surface area (Å²) < 4.78 is 58.9. The number of pyridine rings is 1. The number of aromatic nitrogens is 3. The van der Waals surface area contributed by atoms with Gasteiger partial charge < -0.3 is 19.5 Å². The summed E-state index contributed by atoms with van der Waals surface area (Å²) in [7, 11) is 0. The molecule has 3 fully saturated rings. The molecule has 3 saturated heterocycles. The van der Waals surface area contributed by atoms with Crippen molar-refractivity contribution in [2.24, 2.45) is 0 Å². The molecule has 0 unspecified atom stereocenters. The fourth-order valence-electron chi connectivity index (χ4n) is 8.22. The fraction of sp³-hybridized carbons (Fsp3) is 0.457. The predicted octanol–water partition coefficient (Wildman–Crippen LogP) is 6.36. The zero-order valence-corrected chi connectivity index (χ0v) is 25.8. The number of benzene rings is 2. The number of phenolic OH excluding ortho intramolecular Hbond substituents is 1. The van der Waals surface area contributed by atoms with E-state index in [-0.39, 0.29) is 46.7 Å². The number of fused-ring (bicyclic) bond motifs is 4. The van der Waals surface area contributed by atoms with Crippen LogP contribution in [0.1, 0.15) is 50.3 Å². The molecule has 0 bridgehead atoms. The molecule has 0 radical (unpaired) electrons. The first-order chi connectivity index (χ1) is 22.2. The van der Waals surface area contributed by atoms with Crippen LogP contribution in [0.25, 0.3) is 38.5 Å². The third kappa shape index (κ3) is 4.69. The lowest BCUT2D eigenvalue weighted by atomic mass is 9.92. The van der Waals surface area contributed by atoms with Gasteiger partial charge in [-0.25, -0.2) is 18.2 Å². The molecule has 2 aromatic heterocycles. The molecule has 8 rings (SSSR count). The second-order valence-corrected chi connectivity index (χ2v) is 13.2. The van der Waals surface area contributed by atoms with Crippen LogP contribution in [0.5, 0.6) is 11.8 Å². The number of halogens is 3. The van der Waals surface area contributed by atoms with Gasteiger partial charge in [0, 0.05) is 48.7 Å². The van der Waals surface area contributed by atoms with E-state index in [9.17, 15) is 9.50 Å². The maximum atomic E-state index is 17.1. The molecule has 4 aliphatic rings.